The van der Waals surface area contributed by atoms with Crippen LogP contribution in [0.3, 0.4) is 0 Å². The van der Waals surface area contributed by atoms with Crippen molar-refractivity contribution >= 4 is 16.7 Å². The van der Waals surface area contributed by atoms with Crippen LogP contribution in [-0.2, 0) is 7.05 Å². The molecule has 0 atom stereocenters. The van der Waals surface area contributed by atoms with E-state index in [1.807, 2.05) is 24.0 Å². The molecule has 0 spiro atoms. The Hall–Kier alpha value is -2.23. The van der Waals surface area contributed by atoms with E-state index in [-0.39, 0.29) is 0 Å². The first kappa shape index (κ1) is 9.96. The molecule has 0 aliphatic carbocycles. The van der Waals surface area contributed by atoms with E-state index in [0.29, 0.717) is 5.82 Å². The third-order valence-corrected chi connectivity index (χ3v) is 3.09. The summed E-state index contributed by atoms with van der Waals surface area (Å²) in [5, 5.41) is 5.42. The number of nitrogens with one attached hydrogen (secondary N) is 1. The van der Waals surface area contributed by atoms with Crippen LogP contribution in [-0.4, -0.2) is 14.8 Å². The van der Waals surface area contributed by atoms with Crippen LogP contribution in [0.2, 0.25) is 0 Å². The van der Waals surface area contributed by atoms with Crippen molar-refractivity contribution in [1.82, 2.24) is 14.8 Å². The molecule has 0 saturated carbocycles. The molecule has 2 aromatic heterocycles. The van der Waals surface area contributed by atoms with Crippen molar-refractivity contribution in [3.05, 3.63) is 36.0 Å². The van der Waals surface area contributed by atoms with Gasteiger partial charge in [0.1, 0.15) is 5.82 Å². The SMILES string of the molecule is Cc1cccc2[nH]cc(-c3cc(N)nn3C)c12. The smallest absolute Gasteiger partial charge is 0.146 e. The number of nitrogens with zero attached hydrogens (tertiary/aromatic N) is 2. The standard InChI is InChI=1S/C13H14N4/c1-8-4-3-5-10-13(8)9(7-15-10)11-6-12(14)16-17(11)2/h3-7,15H,1-2H3,(H2,14,16). The van der Waals surface area contributed by atoms with Crippen molar-refractivity contribution in [2.45, 2.75) is 6.92 Å². The number of hydrogen-bond acceptors (Lipinski definition) is 2. The number of nitrogen functional groups attached to an aromatic ring is 1. The van der Waals surface area contributed by atoms with E-state index in [1.165, 1.54) is 10.9 Å². The van der Waals surface area contributed by atoms with Crippen molar-refractivity contribution in [2.75, 3.05) is 5.73 Å². The van der Waals surface area contributed by atoms with Gasteiger partial charge in [-0.3, -0.25) is 4.68 Å². The Morgan fingerprint density at radius 2 is 2.18 bits per heavy atom. The van der Waals surface area contributed by atoms with Gasteiger partial charge in [-0.05, 0) is 18.6 Å². The van der Waals surface area contributed by atoms with Gasteiger partial charge in [0.25, 0.3) is 0 Å². The minimum Gasteiger partial charge on any atom is -0.382 e. The lowest BCUT2D eigenvalue weighted by Gasteiger charge is -2.02. The molecule has 0 saturated heterocycles. The molecule has 0 bridgehead atoms. The second-order valence-electron chi connectivity index (χ2n) is 4.28. The van der Waals surface area contributed by atoms with Crippen LogP contribution >= 0.6 is 0 Å². The fourth-order valence-electron chi connectivity index (χ4n) is 2.31. The Labute approximate surface area is 99.1 Å². The Morgan fingerprint density at radius 3 is 2.88 bits per heavy atom. The van der Waals surface area contributed by atoms with Crippen LogP contribution in [0.25, 0.3) is 22.2 Å². The zero-order valence-corrected chi connectivity index (χ0v) is 9.86. The van der Waals surface area contributed by atoms with Gasteiger partial charge in [0.2, 0.25) is 0 Å². The summed E-state index contributed by atoms with van der Waals surface area (Å²) in [6.45, 7) is 2.11. The molecule has 0 aliphatic rings. The first-order chi connectivity index (χ1) is 8.16. The van der Waals surface area contributed by atoms with Gasteiger partial charge in [-0.15, -0.1) is 0 Å². The van der Waals surface area contributed by atoms with Gasteiger partial charge in [-0.25, -0.2) is 0 Å². The van der Waals surface area contributed by atoms with Gasteiger partial charge in [-0.1, -0.05) is 12.1 Å². The van der Waals surface area contributed by atoms with Gasteiger partial charge in [-0.2, -0.15) is 5.10 Å². The fourth-order valence-corrected chi connectivity index (χ4v) is 2.31. The number of benzene rings is 1. The summed E-state index contributed by atoms with van der Waals surface area (Å²) in [6, 6.07) is 8.13. The molecule has 1 aromatic carbocycles. The maximum absolute atomic E-state index is 5.73. The molecular formula is C13H14N4. The molecule has 3 rings (SSSR count). The lowest BCUT2D eigenvalue weighted by atomic mass is 10.1. The third-order valence-electron chi connectivity index (χ3n) is 3.09. The Balaban J connectivity index is 2.35. The average molecular weight is 226 g/mol. The van der Waals surface area contributed by atoms with E-state index in [1.54, 1.807) is 0 Å². The maximum Gasteiger partial charge on any atom is 0.146 e. The molecule has 2 heterocycles. The molecule has 0 radical (unpaired) electrons. The summed E-state index contributed by atoms with van der Waals surface area (Å²) in [5.41, 5.74) is 10.3. The number of aryl methyl sites for hydroxylation is 2. The molecule has 86 valence electrons. The minimum atomic E-state index is 0.547. The van der Waals surface area contributed by atoms with E-state index in [2.05, 4.69) is 35.2 Å². The lowest BCUT2D eigenvalue weighted by Crippen LogP contribution is -1.94. The van der Waals surface area contributed by atoms with E-state index in [4.69, 9.17) is 5.73 Å². The number of nitrogens with two attached hydrogens (primary N) is 1. The summed E-state index contributed by atoms with van der Waals surface area (Å²) in [6.07, 6.45) is 2.01. The predicted octanol–water partition coefficient (Wildman–Crippen LogP) is 2.46. The first-order valence-corrected chi connectivity index (χ1v) is 5.53. The van der Waals surface area contributed by atoms with E-state index in [0.717, 1.165) is 16.8 Å². The molecular weight excluding hydrogens is 212 g/mol. The summed E-state index contributed by atoms with van der Waals surface area (Å²) in [7, 11) is 1.91. The first-order valence-electron chi connectivity index (χ1n) is 5.53. The number of rotatable bonds is 1. The number of aromatic nitrogens is 3. The van der Waals surface area contributed by atoms with Crippen LogP contribution in [0, 0.1) is 6.92 Å². The number of fused-ring (bicyclic) bond motifs is 1. The van der Waals surface area contributed by atoms with Crippen molar-refractivity contribution in [1.29, 1.82) is 0 Å². The van der Waals surface area contributed by atoms with Crippen molar-refractivity contribution in [2.24, 2.45) is 7.05 Å². The van der Waals surface area contributed by atoms with Gasteiger partial charge >= 0.3 is 0 Å². The fraction of sp³-hybridized carbons (Fsp3) is 0.154. The topological polar surface area (TPSA) is 59.6 Å². The number of aromatic amines is 1. The van der Waals surface area contributed by atoms with Crippen molar-refractivity contribution < 1.29 is 0 Å². The van der Waals surface area contributed by atoms with Crippen LogP contribution in [0.1, 0.15) is 5.56 Å². The zero-order valence-electron chi connectivity index (χ0n) is 9.86. The normalized spacial score (nSPS) is 11.2. The molecule has 3 aromatic rings. The summed E-state index contributed by atoms with van der Waals surface area (Å²) in [4.78, 5) is 3.28. The van der Waals surface area contributed by atoms with Crippen molar-refractivity contribution in [3.8, 4) is 11.3 Å². The highest BCUT2D eigenvalue weighted by Crippen LogP contribution is 2.31. The highest BCUT2D eigenvalue weighted by atomic mass is 15.3. The highest BCUT2D eigenvalue weighted by Gasteiger charge is 2.12. The number of anilines is 1. The van der Waals surface area contributed by atoms with Gasteiger partial charge < -0.3 is 10.7 Å². The highest BCUT2D eigenvalue weighted by molar-refractivity contribution is 5.97. The molecule has 0 fully saturated rings. The van der Waals surface area contributed by atoms with E-state index in [9.17, 15) is 0 Å². The van der Waals surface area contributed by atoms with Crippen molar-refractivity contribution in [3.63, 3.8) is 0 Å². The van der Waals surface area contributed by atoms with Crippen LogP contribution < -0.4 is 5.73 Å². The second-order valence-corrected chi connectivity index (χ2v) is 4.28. The van der Waals surface area contributed by atoms with E-state index < -0.39 is 0 Å². The maximum atomic E-state index is 5.73. The van der Waals surface area contributed by atoms with Crippen LogP contribution in [0.5, 0.6) is 0 Å². The molecule has 0 unspecified atom stereocenters. The summed E-state index contributed by atoms with van der Waals surface area (Å²) in [5.74, 6) is 0.547. The summed E-state index contributed by atoms with van der Waals surface area (Å²) < 4.78 is 1.81. The van der Waals surface area contributed by atoms with E-state index >= 15 is 0 Å². The zero-order chi connectivity index (χ0) is 12.0. The van der Waals surface area contributed by atoms with Gasteiger partial charge in [0, 0.05) is 35.8 Å². The largest absolute Gasteiger partial charge is 0.382 e. The van der Waals surface area contributed by atoms with Gasteiger partial charge in [0.15, 0.2) is 0 Å². The minimum absolute atomic E-state index is 0.547. The molecule has 3 N–H and O–H groups in total. The summed E-state index contributed by atoms with van der Waals surface area (Å²) >= 11 is 0. The Bertz CT molecular complexity index is 691. The molecule has 4 heteroatoms. The van der Waals surface area contributed by atoms with Gasteiger partial charge in [0.05, 0.1) is 5.69 Å². The number of H-pyrrole nitrogens is 1. The quantitative estimate of drug-likeness (QED) is 0.669. The Kier molecular flexibility index (Phi) is 1.98. The second kappa shape index (κ2) is 3.38. The predicted molar refractivity (Wildman–Crippen MR) is 69.7 cm³/mol. The monoisotopic (exact) mass is 226 g/mol. The lowest BCUT2D eigenvalue weighted by molar-refractivity contribution is 0.781. The average Bonchev–Trinajstić information content (AvgIpc) is 2.83. The Morgan fingerprint density at radius 1 is 1.35 bits per heavy atom. The molecule has 4 nitrogen and oxygen atoms in total. The molecule has 0 amide bonds. The van der Waals surface area contributed by atoms with Crippen LogP contribution in [0.4, 0.5) is 5.82 Å². The molecule has 0 aliphatic heterocycles. The van der Waals surface area contributed by atoms with Crippen LogP contribution in [0.15, 0.2) is 30.5 Å². The number of hydrogen-bond donors (Lipinski definition) is 2. The molecule has 17 heavy (non-hydrogen) atoms. The third kappa shape index (κ3) is 1.41.